The third-order valence-corrected chi connectivity index (χ3v) is 4.05. The minimum absolute atomic E-state index is 0.0638. The molecule has 1 aromatic carbocycles. The largest absolute Gasteiger partial charge is 0.394 e. The van der Waals surface area contributed by atoms with E-state index < -0.39 is 5.82 Å². The molecule has 2 rings (SSSR count). The molecule has 110 valence electrons. The number of amides is 2. The van der Waals surface area contributed by atoms with Crippen LogP contribution in [0.15, 0.2) is 18.2 Å². The number of piperidine rings is 1. The Kier molecular flexibility index (Phi) is 4.83. The summed E-state index contributed by atoms with van der Waals surface area (Å²) in [6.45, 7) is 2.55. The third kappa shape index (κ3) is 3.22. The first-order valence-corrected chi connectivity index (χ1v) is 7.04. The van der Waals surface area contributed by atoms with Gasteiger partial charge in [-0.15, -0.1) is 0 Å². The van der Waals surface area contributed by atoms with Gasteiger partial charge >= 0.3 is 6.03 Å². The first kappa shape index (κ1) is 15.1. The number of carbonyl (C=O) groups is 1. The van der Waals surface area contributed by atoms with Crippen molar-refractivity contribution in [3.8, 4) is 0 Å². The molecule has 0 spiro atoms. The number of aliphatic hydroxyl groups excluding tert-OH is 1. The highest BCUT2D eigenvalue weighted by molar-refractivity contribution is 6.33. The maximum atomic E-state index is 13.0. The van der Waals surface area contributed by atoms with Gasteiger partial charge in [-0.3, -0.25) is 0 Å². The van der Waals surface area contributed by atoms with E-state index >= 15 is 0 Å². The first-order valence-electron chi connectivity index (χ1n) is 6.66. The topological polar surface area (TPSA) is 52.6 Å². The van der Waals surface area contributed by atoms with E-state index in [2.05, 4.69) is 5.32 Å². The Labute approximate surface area is 122 Å². The van der Waals surface area contributed by atoms with Gasteiger partial charge in [0.15, 0.2) is 0 Å². The molecule has 0 saturated carbocycles. The summed E-state index contributed by atoms with van der Waals surface area (Å²) in [6.07, 6.45) is 1.90. The molecule has 6 heteroatoms. The molecule has 1 heterocycles. The SMILES string of the molecule is CC1CCCN(C(=O)Nc2ccc(F)cc2Cl)C1CO. The summed E-state index contributed by atoms with van der Waals surface area (Å²) in [5.41, 5.74) is 0.369. The Hall–Kier alpha value is -1.33. The van der Waals surface area contributed by atoms with E-state index in [0.717, 1.165) is 18.9 Å². The summed E-state index contributed by atoms with van der Waals surface area (Å²) < 4.78 is 13.0. The monoisotopic (exact) mass is 300 g/mol. The van der Waals surface area contributed by atoms with Crippen molar-refractivity contribution in [3.63, 3.8) is 0 Å². The van der Waals surface area contributed by atoms with Crippen molar-refractivity contribution in [2.24, 2.45) is 5.92 Å². The predicted molar refractivity (Wildman–Crippen MR) is 76.4 cm³/mol. The molecule has 2 atom stereocenters. The van der Waals surface area contributed by atoms with E-state index in [4.69, 9.17) is 11.6 Å². The van der Waals surface area contributed by atoms with Crippen LogP contribution in [0.2, 0.25) is 5.02 Å². The summed E-state index contributed by atoms with van der Waals surface area (Å²) in [5.74, 6) is -0.198. The van der Waals surface area contributed by atoms with Crippen LogP contribution in [0.4, 0.5) is 14.9 Å². The molecule has 0 radical (unpaired) electrons. The molecule has 20 heavy (non-hydrogen) atoms. The second kappa shape index (κ2) is 6.41. The number of hydrogen-bond donors (Lipinski definition) is 2. The van der Waals surface area contributed by atoms with E-state index in [1.165, 1.54) is 12.1 Å². The standard InChI is InChI=1S/C14H18ClFN2O2/c1-9-3-2-6-18(13(9)8-19)14(20)17-12-5-4-10(16)7-11(12)15/h4-5,7,9,13,19H,2-3,6,8H2,1H3,(H,17,20). The highest BCUT2D eigenvalue weighted by atomic mass is 35.5. The lowest BCUT2D eigenvalue weighted by atomic mass is 9.91. The van der Waals surface area contributed by atoms with E-state index in [1.54, 1.807) is 4.90 Å². The van der Waals surface area contributed by atoms with Gasteiger partial charge in [0.2, 0.25) is 0 Å². The zero-order valence-corrected chi connectivity index (χ0v) is 12.0. The van der Waals surface area contributed by atoms with Crippen molar-refractivity contribution in [1.82, 2.24) is 4.90 Å². The lowest BCUT2D eigenvalue weighted by molar-refractivity contribution is 0.0811. The van der Waals surface area contributed by atoms with Crippen LogP contribution >= 0.6 is 11.6 Å². The average molecular weight is 301 g/mol. The first-order chi connectivity index (χ1) is 9.52. The number of anilines is 1. The molecular formula is C14H18ClFN2O2. The quantitative estimate of drug-likeness (QED) is 0.882. The van der Waals surface area contributed by atoms with Crippen LogP contribution in [0.5, 0.6) is 0 Å². The molecule has 1 aliphatic rings. The van der Waals surface area contributed by atoms with Gasteiger partial charge in [-0.25, -0.2) is 9.18 Å². The van der Waals surface area contributed by atoms with Crippen LogP contribution in [0.1, 0.15) is 19.8 Å². The second-order valence-electron chi connectivity index (χ2n) is 5.12. The molecule has 2 unspecified atom stereocenters. The van der Waals surface area contributed by atoms with Crippen molar-refractivity contribution in [1.29, 1.82) is 0 Å². The smallest absolute Gasteiger partial charge is 0.322 e. The lowest BCUT2D eigenvalue weighted by Crippen LogP contribution is -2.51. The molecule has 1 aromatic rings. The van der Waals surface area contributed by atoms with Crippen molar-refractivity contribution >= 4 is 23.3 Å². The van der Waals surface area contributed by atoms with Crippen molar-refractivity contribution in [2.45, 2.75) is 25.8 Å². The zero-order valence-electron chi connectivity index (χ0n) is 11.3. The molecule has 1 aliphatic heterocycles. The Morgan fingerprint density at radius 2 is 2.35 bits per heavy atom. The minimum atomic E-state index is -0.451. The van der Waals surface area contributed by atoms with Gasteiger partial charge in [-0.2, -0.15) is 0 Å². The zero-order chi connectivity index (χ0) is 14.7. The maximum Gasteiger partial charge on any atom is 0.322 e. The molecule has 1 saturated heterocycles. The second-order valence-corrected chi connectivity index (χ2v) is 5.52. The Balaban J connectivity index is 2.10. The molecule has 1 fully saturated rings. The van der Waals surface area contributed by atoms with Gasteiger partial charge in [0, 0.05) is 6.54 Å². The lowest BCUT2D eigenvalue weighted by Gasteiger charge is -2.38. The molecule has 0 aliphatic carbocycles. The van der Waals surface area contributed by atoms with Crippen LogP contribution < -0.4 is 5.32 Å². The fourth-order valence-corrected chi connectivity index (χ4v) is 2.77. The highest BCUT2D eigenvalue weighted by Gasteiger charge is 2.31. The number of benzene rings is 1. The van der Waals surface area contributed by atoms with Gasteiger partial charge in [0.05, 0.1) is 23.4 Å². The summed E-state index contributed by atoms with van der Waals surface area (Å²) in [6, 6.07) is 3.31. The van der Waals surface area contributed by atoms with Gasteiger partial charge in [0.1, 0.15) is 5.82 Å². The van der Waals surface area contributed by atoms with Crippen molar-refractivity contribution in [2.75, 3.05) is 18.5 Å². The van der Waals surface area contributed by atoms with Gasteiger partial charge in [0.25, 0.3) is 0 Å². The summed E-state index contributed by atoms with van der Waals surface area (Å²) >= 11 is 5.89. The van der Waals surface area contributed by atoms with Crippen LogP contribution in [0, 0.1) is 11.7 Å². The summed E-state index contributed by atoms with van der Waals surface area (Å²) in [4.78, 5) is 13.9. The van der Waals surface area contributed by atoms with Crippen LogP contribution in [0.25, 0.3) is 0 Å². The van der Waals surface area contributed by atoms with Crippen LogP contribution in [-0.4, -0.2) is 35.2 Å². The average Bonchev–Trinajstić information content (AvgIpc) is 2.41. The number of nitrogens with zero attached hydrogens (tertiary/aromatic N) is 1. The maximum absolute atomic E-state index is 13.0. The number of urea groups is 1. The van der Waals surface area contributed by atoms with Crippen LogP contribution in [0.3, 0.4) is 0 Å². The van der Waals surface area contributed by atoms with Crippen molar-refractivity contribution in [3.05, 3.63) is 29.0 Å². The number of rotatable bonds is 2. The fourth-order valence-electron chi connectivity index (χ4n) is 2.56. The summed E-state index contributed by atoms with van der Waals surface area (Å²) in [7, 11) is 0. The van der Waals surface area contributed by atoms with E-state index in [-0.39, 0.29) is 29.6 Å². The van der Waals surface area contributed by atoms with E-state index in [0.29, 0.717) is 12.2 Å². The summed E-state index contributed by atoms with van der Waals surface area (Å²) in [5, 5.41) is 12.3. The number of carbonyl (C=O) groups excluding carboxylic acids is 1. The highest BCUT2D eigenvalue weighted by Crippen LogP contribution is 2.26. The van der Waals surface area contributed by atoms with Gasteiger partial charge in [-0.1, -0.05) is 18.5 Å². The molecule has 0 aromatic heterocycles. The number of hydrogen-bond acceptors (Lipinski definition) is 2. The van der Waals surface area contributed by atoms with Crippen LogP contribution in [-0.2, 0) is 0 Å². The normalized spacial score (nSPS) is 22.7. The number of halogens is 2. The Morgan fingerprint density at radius 3 is 3.00 bits per heavy atom. The minimum Gasteiger partial charge on any atom is -0.394 e. The third-order valence-electron chi connectivity index (χ3n) is 3.74. The van der Waals surface area contributed by atoms with Gasteiger partial charge in [-0.05, 0) is 37.0 Å². The number of nitrogens with one attached hydrogen (secondary N) is 1. The number of likely N-dealkylation sites (tertiary alicyclic amines) is 1. The Morgan fingerprint density at radius 1 is 1.60 bits per heavy atom. The Bertz CT molecular complexity index is 498. The van der Waals surface area contributed by atoms with E-state index in [9.17, 15) is 14.3 Å². The van der Waals surface area contributed by atoms with Crippen molar-refractivity contribution < 1.29 is 14.3 Å². The predicted octanol–water partition coefficient (Wildman–Crippen LogP) is 3.10. The fraction of sp³-hybridized carbons (Fsp3) is 0.500. The molecule has 0 bridgehead atoms. The molecule has 2 amide bonds. The molecule has 2 N–H and O–H groups in total. The van der Waals surface area contributed by atoms with E-state index in [1.807, 2.05) is 6.92 Å². The molecular weight excluding hydrogens is 283 g/mol. The van der Waals surface area contributed by atoms with Gasteiger partial charge < -0.3 is 15.3 Å². The number of aliphatic hydroxyl groups is 1. The molecule has 4 nitrogen and oxygen atoms in total.